The molecule has 1 aliphatic rings. The van der Waals surface area contributed by atoms with Gasteiger partial charge in [0.1, 0.15) is 0 Å². The molecule has 0 bridgehead atoms. The fraction of sp³-hybridized carbons (Fsp3) is 0.733. The molecule has 1 heterocycles. The number of hydrogen-bond donors (Lipinski definition) is 2. The molecule has 3 unspecified atom stereocenters. The Morgan fingerprint density at radius 3 is 2.67 bits per heavy atom. The highest BCUT2D eigenvalue weighted by Gasteiger charge is 2.32. The van der Waals surface area contributed by atoms with Crippen molar-refractivity contribution in [2.75, 3.05) is 0 Å². The lowest BCUT2D eigenvalue weighted by atomic mass is 9.74. The lowest BCUT2D eigenvalue weighted by Gasteiger charge is -2.36. The molecule has 1 saturated carbocycles. The largest absolute Gasteiger partial charge is 0.271 e. The smallest absolute Gasteiger partial charge is 0.0584 e. The summed E-state index contributed by atoms with van der Waals surface area (Å²) in [5.41, 5.74) is 4.51. The molecule has 2 nitrogen and oxygen atoms in total. The molecular weight excluding hydrogens is 240 g/mol. The minimum atomic E-state index is 0.354. The van der Waals surface area contributed by atoms with Crippen molar-refractivity contribution in [1.82, 2.24) is 5.43 Å². The van der Waals surface area contributed by atoms with E-state index in [4.69, 9.17) is 5.84 Å². The SMILES string of the molecule is CCC1CCCCC1C(NN)c1cc(C)c(C)s1. The zero-order chi connectivity index (χ0) is 13.1. The summed E-state index contributed by atoms with van der Waals surface area (Å²) in [6, 6.07) is 2.68. The van der Waals surface area contributed by atoms with Crippen molar-refractivity contribution in [2.24, 2.45) is 17.7 Å². The third kappa shape index (κ3) is 2.79. The lowest BCUT2D eigenvalue weighted by molar-refractivity contribution is 0.178. The van der Waals surface area contributed by atoms with E-state index in [0.717, 1.165) is 5.92 Å². The topological polar surface area (TPSA) is 38.0 Å². The second-order valence-electron chi connectivity index (χ2n) is 5.65. The molecular formula is C15H26N2S. The fourth-order valence-corrected chi connectivity index (χ4v) is 4.53. The number of thiophene rings is 1. The van der Waals surface area contributed by atoms with Crippen molar-refractivity contribution < 1.29 is 0 Å². The Balaban J connectivity index is 2.21. The standard InChI is InChI=1S/C15H26N2S/c1-4-12-7-5-6-8-13(12)15(17-16)14-9-10(2)11(3)18-14/h9,12-13,15,17H,4-8,16H2,1-3H3. The van der Waals surface area contributed by atoms with Crippen LogP contribution in [0.25, 0.3) is 0 Å². The van der Waals surface area contributed by atoms with Crippen molar-refractivity contribution in [1.29, 1.82) is 0 Å². The van der Waals surface area contributed by atoms with Gasteiger partial charge in [-0.3, -0.25) is 11.3 Å². The van der Waals surface area contributed by atoms with Crippen LogP contribution in [0.3, 0.4) is 0 Å². The molecule has 18 heavy (non-hydrogen) atoms. The Hall–Kier alpha value is -0.380. The Morgan fingerprint density at radius 2 is 2.11 bits per heavy atom. The number of nitrogens with two attached hydrogens (primary N) is 1. The molecule has 1 aromatic heterocycles. The van der Waals surface area contributed by atoms with E-state index in [1.54, 1.807) is 0 Å². The average molecular weight is 266 g/mol. The predicted octanol–water partition coefficient (Wildman–Crippen LogP) is 4.09. The van der Waals surface area contributed by atoms with Gasteiger partial charge in [0.2, 0.25) is 0 Å². The van der Waals surface area contributed by atoms with Gasteiger partial charge in [-0.05, 0) is 43.7 Å². The van der Waals surface area contributed by atoms with Crippen molar-refractivity contribution in [3.05, 3.63) is 21.4 Å². The molecule has 3 N–H and O–H groups in total. The van der Waals surface area contributed by atoms with Crippen LogP contribution < -0.4 is 11.3 Å². The lowest BCUT2D eigenvalue weighted by Crippen LogP contribution is -2.37. The first-order valence-electron chi connectivity index (χ1n) is 7.20. The molecule has 0 amide bonds. The minimum Gasteiger partial charge on any atom is -0.271 e. The van der Waals surface area contributed by atoms with Crippen molar-refractivity contribution >= 4 is 11.3 Å². The number of nitrogens with one attached hydrogen (secondary N) is 1. The first-order valence-corrected chi connectivity index (χ1v) is 8.02. The second-order valence-corrected chi connectivity index (χ2v) is 6.94. The van der Waals surface area contributed by atoms with Gasteiger partial charge in [0.25, 0.3) is 0 Å². The van der Waals surface area contributed by atoms with Crippen LogP contribution in [0.15, 0.2) is 6.07 Å². The van der Waals surface area contributed by atoms with Gasteiger partial charge < -0.3 is 0 Å². The van der Waals surface area contributed by atoms with E-state index in [1.165, 1.54) is 47.4 Å². The van der Waals surface area contributed by atoms with Gasteiger partial charge in [-0.2, -0.15) is 0 Å². The number of hydrazine groups is 1. The van der Waals surface area contributed by atoms with E-state index in [0.29, 0.717) is 12.0 Å². The molecule has 0 aliphatic heterocycles. The summed E-state index contributed by atoms with van der Waals surface area (Å²) in [6.07, 6.45) is 6.75. The summed E-state index contributed by atoms with van der Waals surface area (Å²) in [5.74, 6) is 7.42. The van der Waals surface area contributed by atoms with Gasteiger partial charge in [-0.1, -0.05) is 32.6 Å². The maximum atomic E-state index is 5.87. The van der Waals surface area contributed by atoms with E-state index in [2.05, 4.69) is 32.3 Å². The molecule has 102 valence electrons. The van der Waals surface area contributed by atoms with Crippen molar-refractivity contribution in [2.45, 2.75) is 58.9 Å². The normalized spacial score (nSPS) is 26.2. The third-order valence-electron chi connectivity index (χ3n) is 4.59. The van der Waals surface area contributed by atoms with Gasteiger partial charge in [0.05, 0.1) is 6.04 Å². The Kier molecular flexibility index (Phi) is 4.82. The molecule has 2 rings (SSSR count). The van der Waals surface area contributed by atoms with Crippen LogP contribution in [0.1, 0.15) is 60.4 Å². The van der Waals surface area contributed by atoms with Crippen LogP contribution in [0.2, 0.25) is 0 Å². The first kappa shape index (κ1) is 14.0. The van der Waals surface area contributed by atoms with Crippen molar-refractivity contribution in [3.8, 4) is 0 Å². The summed E-state index contributed by atoms with van der Waals surface area (Å²) < 4.78 is 0. The Bertz CT molecular complexity index is 366. The minimum absolute atomic E-state index is 0.354. The summed E-state index contributed by atoms with van der Waals surface area (Å²) in [7, 11) is 0. The van der Waals surface area contributed by atoms with E-state index < -0.39 is 0 Å². The monoisotopic (exact) mass is 266 g/mol. The highest BCUT2D eigenvalue weighted by atomic mass is 32.1. The molecule has 0 aromatic carbocycles. The van der Waals surface area contributed by atoms with Gasteiger partial charge in [-0.15, -0.1) is 11.3 Å². The third-order valence-corrected chi connectivity index (χ3v) is 5.83. The molecule has 1 aromatic rings. The summed E-state index contributed by atoms with van der Waals surface area (Å²) >= 11 is 1.91. The van der Waals surface area contributed by atoms with Crippen LogP contribution >= 0.6 is 11.3 Å². The second kappa shape index (κ2) is 6.18. The van der Waals surface area contributed by atoms with E-state index in [9.17, 15) is 0 Å². The quantitative estimate of drug-likeness (QED) is 0.636. The zero-order valence-corrected chi connectivity index (χ0v) is 12.6. The van der Waals surface area contributed by atoms with Gasteiger partial charge in [0, 0.05) is 9.75 Å². The zero-order valence-electron chi connectivity index (χ0n) is 11.8. The molecule has 1 fully saturated rings. The fourth-order valence-electron chi connectivity index (χ4n) is 3.35. The molecule has 0 radical (unpaired) electrons. The Morgan fingerprint density at radius 1 is 1.39 bits per heavy atom. The van der Waals surface area contributed by atoms with Crippen molar-refractivity contribution in [3.63, 3.8) is 0 Å². The number of rotatable bonds is 4. The van der Waals surface area contributed by atoms with Gasteiger partial charge >= 0.3 is 0 Å². The highest BCUT2D eigenvalue weighted by molar-refractivity contribution is 7.12. The van der Waals surface area contributed by atoms with Gasteiger partial charge in [0.15, 0.2) is 0 Å². The molecule has 1 aliphatic carbocycles. The number of aryl methyl sites for hydroxylation is 2. The van der Waals surface area contributed by atoms with E-state index in [1.807, 2.05) is 11.3 Å². The summed E-state index contributed by atoms with van der Waals surface area (Å²) in [5, 5.41) is 0. The summed E-state index contributed by atoms with van der Waals surface area (Å²) in [6.45, 7) is 6.72. The number of hydrogen-bond acceptors (Lipinski definition) is 3. The molecule has 3 atom stereocenters. The maximum Gasteiger partial charge on any atom is 0.0584 e. The summed E-state index contributed by atoms with van der Waals surface area (Å²) in [4.78, 5) is 2.85. The maximum absolute atomic E-state index is 5.87. The van der Waals surface area contributed by atoms with E-state index >= 15 is 0 Å². The molecule has 0 saturated heterocycles. The Labute approximate surface area is 115 Å². The van der Waals surface area contributed by atoms with Gasteiger partial charge in [-0.25, -0.2) is 0 Å². The van der Waals surface area contributed by atoms with E-state index in [-0.39, 0.29) is 0 Å². The average Bonchev–Trinajstić information content (AvgIpc) is 2.71. The first-order chi connectivity index (χ1) is 8.67. The predicted molar refractivity (Wildman–Crippen MR) is 79.6 cm³/mol. The van der Waals surface area contributed by atoms with Crippen LogP contribution in [-0.4, -0.2) is 0 Å². The van der Waals surface area contributed by atoms with Crippen LogP contribution in [0.4, 0.5) is 0 Å². The van der Waals surface area contributed by atoms with Crippen LogP contribution in [0, 0.1) is 25.7 Å². The van der Waals surface area contributed by atoms with Crippen LogP contribution in [0.5, 0.6) is 0 Å². The van der Waals surface area contributed by atoms with Crippen LogP contribution in [-0.2, 0) is 0 Å². The highest BCUT2D eigenvalue weighted by Crippen LogP contribution is 2.42. The molecule has 3 heteroatoms. The molecule has 0 spiro atoms.